The molecule has 29 heavy (non-hydrogen) atoms. The molecule has 0 unspecified atom stereocenters. The number of amides is 3. The summed E-state index contributed by atoms with van der Waals surface area (Å²) in [5.41, 5.74) is 0.409. The molecule has 0 aliphatic heterocycles. The number of carbonyl (C=O) groups is 3. The normalized spacial score (nSPS) is 11.8. The molecule has 0 saturated heterocycles. The van der Waals surface area contributed by atoms with Crippen molar-refractivity contribution in [1.29, 1.82) is 0 Å². The third kappa shape index (κ3) is 5.32. The first-order valence-electron chi connectivity index (χ1n) is 8.54. The third-order valence-corrected chi connectivity index (χ3v) is 5.75. The molecule has 9 nitrogen and oxygen atoms in total. The lowest BCUT2D eigenvalue weighted by Crippen LogP contribution is -2.43. The van der Waals surface area contributed by atoms with Gasteiger partial charge in [0, 0.05) is 14.1 Å². The molecule has 0 heterocycles. The number of imide groups is 1. The Morgan fingerprint density at radius 3 is 2.31 bits per heavy atom. The first kappa shape index (κ1) is 21.9. The summed E-state index contributed by atoms with van der Waals surface area (Å²) in [5, 5.41) is 4.19. The fourth-order valence-corrected chi connectivity index (χ4v) is 3.52. The largest absolute Gasteiger partial charge is 0.449 e. The van der Waals surface area contributed by atoms with Gasteiger partial charge >= 0.3 is 12.0 Å². The second kappa shape index (κ2) is 9.20. The fourth-order valence-electron chi connectivity index (χ4n) is 2.28. The summed E-state index contributed by atoms with van der Waals surface area (Å²) in [6.45, 7) is 1.29. The molecule has 0 saturated carbocycles. The van der Waals surface area contributed by atoms with Gasteiger partial charge in [0.05, 0.1) is 16.1 Å². The Morgan fingerprint density at radius 1 is 1.03 bits per heavy atom. The molecule has 0 aliphatic rings. The molecule has 0 aromatic heterocycles. The SMILES string of the molecule is CNC(=O)NC(=O)[C@H](C)OC(=O)c1cccc(S(=O)(=O)N(C)c2ccccc2)c1. The van der Waals surface area contributed by atoms with Crippen LogP contribution in [-0.4, -0.2) is 46.5 Å². The lowest BCUT2D eigenvalue weighted by molar-refractivity contribution is -0.127. The van der Waals surface area contributed by atoms with Gasteiger partial charge in [-0.2, -0.15) is 0 Å². The van der Waals surface area contributed by atoms with E-state index < -0.39 is 34.0 Å². The van der Waals surface area contributed by atoms with Crippen LogP contribution in [-0.2, 0) is 19.6 Å². The van der Waals surface area contributed by atoms with Gasteiger partial charge < -0.3 is 10.1 Å². The van der Waals surface area contributed by atoms with Gasteiger partial charge in [-0.1, -0.05) is 24.3 Å². The number of carbonyl (C=O) groups excluding carboxylic acids is 3. The number of para-hydroxylation sites is 1. The van der Waals surface area contributed by atoms with Gasteiger partial charge in [0.15, 0.2) is 6.10 Å². The molecular weight excluding hydrogens is 398 g/mol. The van der Waals surface area contributed by atoms with Gasteiger partial charge in [-0.3, -0.25) is 14.4 Å². The number of urea groups is 1. The number of benzene rings is 2. The summed E-state index contributed by atoms with van der Waals surface area (Å²) in [5.74, 6) is -1.71. The first-order valence-corrected chi connectivity index (χ1v) is 9.98. The van der Waals surface area contributed by atoms with E-state index in [1.165, 1.54) is 45.3 Å². The van der Waals surface area contributed by atoms with Crippen molar-refractivity contribution in [2.75, 3.05) is 18.4 Å². The molecule has 0 aliphatic carbocycles. The number of ether oxygens (including phenoxy) is 1. The van der Waals surface area contributed by atoms with Crippen LogP contribution in [0, 0.1) is 0 Å². The lowest BCUT2D eigenvalue weighted by Gasteiger charge is -2.20. The van der Waals surface area contributed by atoms with Gasteiger partial charge in [0.25, 0.3) is 15.9 Å². The highest BCUT2D eigenvalue weighted by Crippen LogP contribution is 2.22. The van der Waals surface area contributed by atoms with Gasteiger partial charge in [-0.15, -0.1) is 0 Å². The number of esters is 1. The van der Waals surface area contributed by atoms with E-state index in [0.29, 0.717) is 5.69 Å². The van der Waals surface area contributed by atoms with Gasteiger partial charge in [0.1, 0.15) is 0 Å². The highest BCUT2D eigenvalue weighted by molar-refractivity contribution is 7.92. The van der Waals surface area contributed by atoms with Crippen LogP contribution in [0.25, 0.3) is 0 Å². The smallest absolute Gasteiger partial charge is 0.338 e. The van der Waals surface area contributed by atoms with Crippen LogP contribution in [0.15, 0.2) is 59.5 Å². The second-order valence-electron chi connectivity index (χ2n) is 5.95. The molecule has 0 bridgehead atoms. The fraction of sp³-hybridized carbons (Fsp3) is 0.211. The lowest BCUT2D eigenvalue weighted by atomic mass is 10.2. The Kier molecular flexibility index (Phi) is 6.94. The molecule has 2 N–H and O–H groups in total. The van der Waals surface area contributed by atoms with Crippen molar-refractivity contribution >= 4 is 33.6 Å². The molecular formula is C19H21N3O6S. The average molecular weight is 419 g/mol. The zero-order chi connectivity index (χ0) is 21.6. The Labute approximate surface area is 168 Å². The first-order chi connectivity index (χ1) is 13.7. The van der Waals surface area contributed by atoms with E-state index in [4.69, 9.17) is 4.74 Å². The van der Waals surface area contributed by atoms with Crippen LogP contribution in [0.2, 0.25) is 0 Å². The molecule has 2 aromatic rings. The molecule has 1 atom stereocenters. The number of anilines is 1. The summed E-state index contributed by atoms with van der Waals surface area (Å²) < 4.78 is 31.8. The molecule has 0 fully saturated rings. The summed E-state index contributed by atoms with van der Waals surface area (Å²) in [6, 6.07) is 13.0. The Morgan fingerprint density at radius 2 is 1.69 bits per heavy atom. The maximum Gasteiger partial charge on any atom is 0.338 e. The third-order valence-electron chi connectivity index (χ3n) is 3.96. The van der Waals surface area contributed by atoms with Crippen molar-refractivity contribution < 1.29 is 27.5 Å². The van der Waals surface area contributed by atoms with Crippen molar-refractivity contribution in [3.8, 4) is 0 Å². The molecule has 154 valence electrons. The Balaban J connectivity index is 2.19. The number of nitrogens with zero attached hydrogens (tertiary/aromatic N) is 1. The van der Waals surface area contributed by atoms with Crippen LogP contribution in [0.4, 0.5) is 10.5 Å². The minimum absolute atomic E-state index is 0.0490. The molecule has 0 radical (unpaired) electrons. The van der Waals surface area contributed by atoms with Crippen LogP contribution >= 0.6 is 0 Å². The van der Waals surface area contributed by atoms with E-state index in [0.717, 1.165) is 4.31 Å². The van der Waals surface area contributed by atoms with Gasteiger partial charge in [-0.25, -0.2) is 18.0 Å². The molecule has 0 spiro atoms. The van der Waals surface area contributed by atoms with Crippen molar-refractivity contribution in [3.63, 3.8) is 0 Å². The maximum absolute atomic E-state index is 12.9. The number of nitrogens with one attached hydrogen (secondary N) is 2. The second-order valence-corrected chi connectivity index (χ2v) is 7.92. The minimum atomic E-state index is -3.92. The Bertz CT molecular complexity index is 1010. The summed E-state index contributed by atoms with van der Waals surface area (Å²) in [6.07, 6.45) is -1.26. The standard InChI is InChI=1S/C19H21N3O6S/c1-13(17(23)21-19(25)20-2)28-18(24)14-8-7-11-16(12-14)29(26,27)22(3)15-9-5-4-6-10-15/h4-13H,1-3H3,(H2,20,21,23,25)/t13-/m0/s1. The summed E-state index contributed by atoms with van der Waals surface area (Å²) in [4.78, 5) is 35.2. The van der Waals surface area contributed by atoms with Gasteiger partial charge in [0.2, 0.25) is 0 Å². The maximum atomic E-state index is 12.9. The molecule has 10 heteroatoms. The molecule has 2 aromatic carbocycles. The molecule has 2 rings (SSSR count). The van der Waals surface area contributed by atoms with Crippen LogP contribution < -0.4 is 14.9 Å². The van der Waals surface area contributed by atoms with E-state index in [1.54, 1.807) is 30.3 Å². The van der Waals surface area contributed by atoms with E-state index in [-0.39, 0.29) is 10.5 Å². The minimum Gasteiger partial charge on any atom is -0.449 e. The van der Waals surface area contributed by atoms with Crippen LogP contribution in [0.5, 0.6) is 0 Å². The number of sulfonamides is 1. The van der Waals surface area contributed by atoms with Crippen molar-refractivity contribution in [3.05, 3.63) is 60.2 Å². The highest BCUT2D eigenvalue weighted by atomic mass is 32.2. The quantitative estimate of drug-likeness (QED) is 0.685. The van der Waals surface area contributed by atoms with Crippen molar-refractivity contribution in [2.45, 2.75) is 17.9 Å². The van der Waals surface area contributed by atoms with Gasteiger partial charge in [-0.05, 0) is 37.3 Å². The summed E-state index contributed by atoms with van der Waals surface area (Å²) >= 11 is 0. The Hall–Kier alpha value is -3.40. The van der Waals surface area contributed by atoms with E-state index in [1.807, 2.05) is 5.32 Å². The zero-order valence-corrected chi connectivity index (χ0v) is 16.9. The number of hydrogen-bond acceptors (Lipinski definition) is 6. The van der Waals surface area contributed by atoms with E-state index in [2.05, 4.69) is 5.32 Å². The predicted octanol–water partition coefficient (Wildman–Crippen LogP) is 1.51. The predicted molar refractivity (Wildman–Crippen MR) is 106 cm³/mol. The summed E-state index contributed by atoms with van der Waals surface area (Å²) in [7, 11) is -1.18. The zero-order valence-electron chi connectivity index (χ0n) is 16.1. The molecule has 3 amide bonds. The number of rotatable bonds is 6. The number of hydrogen-bond donors (Lipinski definition) is 2. The average Bonchev–Trinajstić information content (AvgIpc) is 2.73. The van der Waals surface area contributed by atoms with Crippen molar-refractivity contribution in [2.24, 2.45) is 0 Å². The van der Waals surface area contributed by atoms with Crippen LogP contribution in [0.3, 0.4) is 0 Å². The van der Waals surface area contributed by atoms with Crippen LogP contribution in [0.1, 0.15) is 17.3 Å². The topological polar surface area (TPSA) is 122 Å². The monoisotopic (exact) mass is 419 g/mol. The highest BCUT2D eigenvalue weighted by Gasteiger charge is 2.24. The van der Waals surface area contributed by atoms with E-state index in [9.17, 15) is 22.8 Å². The van der Waals surface area contributed by atoms with E-state index >= 15 is 0 Å². The van der Waals surface area contributed by atoms with Crippen molar-refractivity contribution in [1.82, 2.24) is 10.6 Å².